The first-order chi connectivity index (χ1) is 13.9. The molecule has 2 aromatic carbocycles. The number of rotatable bonds is 6. The molecule has 3 rings (SSSR count). The highest BCUT2D eigenvalue weighted by Crippen LogP contribution is 2.21. The number of benzene rings is 2. The Bertz CT molecular complexity index is 994. The zero-order chi connectivity index (χ0) is 20.9. The van der Waals surface area contributed by atoms with Gasteiger partial charge >= 0.3 is 0 Å². The van der Waals surface area contributed by atoms with Gasteiger partial charge in [-0.3, -0.25) is 4.79 Å². The van der Waals surface area contributed by atoms with E-state index < -0.39 is 10.0 Å². The maximum absolute atomic E-state index is 12.9. The lowest BCUT2D eigenvalue weighted by Crippen LogP contribution is -2.87. The first kappa shape index (κ1) is 21.0. The molecule has 0 bridgehead atoms. The molecule has 0 aromatic heterocycles. The van der Waals surface area contributed by atoms with Gasteiger partial charge in [0.1, 0.15) is 12.1 Å². The second-order valence-electron chi connectivity index (χ2n) is 7.03. The molecule has 1 aliphatic heterocycles. The van der Waals surface area contributed by atoms with E-state index in [-0.39, 0.29) is 35.5 Å². The molecule has 152 valence electrons. The van der Waals surface area contributed by atoms with Crippen LogP contribution in [0.1, 0.15) is 24.1 Å². The van der Waals surface area contributed by atoms with E-state index in [9.17, 15) is 18.5 Å². The maximum atomic E-state index is 12.9. The zero-order valence-electron chi connectivity index (χ0n) is 16.4. The molecule has 1 saturated heterocycles. The second kappa shape index (κ2) is 9.18. The molecule has 2 aromatic rings. The van der Waals surface area contributed by atoms with Gasteiger partial charge in [-0.2, -0.15) is 9.57 Å². The maximum Gasteiger partial charge on any atom is 0.277 e. The molecule has 1 amide bonds. The van der Waals surface area contributed by atoms with Crippen LogP contribution in [0.4, 0.5) is 0 Å². The number of piperazine rings is 1. The summed E-state index contributed by atoms with van der Waals surface area (Å²) >= 11 is 0. The van der Waals surface area contributed by atoms with E-state index in [1.54, 1.807) is 17.0 Å². The zero-order valence-corrected chi connectivity index (χ0v) is 17.2. The Morgan fingerprint density at radius 1 is 1.07 bits per heavy atom. The summed E-state index contributed by atoms with van der Waals surface area (Å²) in [6.07, 6.45) is 0. The fourth-order valence-electron chi connectivity index (χ4n) is 3.40. The number of nitriles is 1. The van der Waals surface area contributed by atoms with Gasteiger partial charge in [-0.25, -0.2) is 8.42 Å². The Kier molecular flexibility index (Phi) is 6.64. The number of amides is 1. The van der Waals surface area contributed by atoms with E-state index in [0.29, 0.717) is 19.6 Å². The monoisotopic (exact) mass is 413 g/mol. The standard InChI is InChI=1S/C21H24N4O3S/c1-17(18-7-3-2-4-8-18)23-16-21(26)24-11-13-25(14-12-24)29(27,28)20-10-6-5-9-19(20)15-22/h2-10,17,23H,11-14,16H2,1H3/p+1/t17-/m1/s1. The lowest BCUT2D eigenvalue weighted by atomic mass is 10.1. The third kappa shape index (κ3) is 4.82. The van der Waals surface area contributed by atoms with E-state index in [4.69, 9.17) is 0 Å². The van der Waals surface area contributed by atoms with Crippen molar-refractivity contribution in [2.24, 2.45) is 0 Å². The first-order valence-corrected chi connectivity index (χ1v) is 11.0. The van der Waals surface area contributed by atoms with Gasteiger partial charge in [-0.15, -0.1) is 0 Å². The SMILES string of the molecule is C[C@@H]([NH2+]CC(=O)N1CCN(S(=O)(=O)c2ccccc2C#N)CC1)c1ccccc1. The van der Waals surface area contributed by atoms with E-state index in [0.717, 1.165) is 5.56 Å². The number of carbonyl (C=O) groups is 1. The van der Waals surface area contributed by atoms with Crippen molar-refractivity contribution in [1.29, 1.82) is 5.26 Å². The van der Waals surface area contributed by atoms with Gasteiger partial charge < -0.3 is 10.2 Å². The summed E-state index contributed by atoms with van der Waals surface area (Å²) < 4.78 is 27.1. The molecule has 0 unspecified atom stereocenters. The average molecular weight is 414 g/mol. The summed E-state index contributed by atoms with van der Waals surface area (Å²) in [4.78, 5) is 14.3. The molecule has 8 heteroatoms. The van der Waals surface area contributed by atoms with Crippen LogP contribution in [-0.4, -0.2) is 56.3 Å². The minimum atomic E-state index is -3.75. The third-order valence-corrected chi connectivity index (χ3v) is 7.14. The van der Waals surface area contributed by atoms with Crippen LogP contribution in [-0.2, 0) is 14.8 Å². The van der Waals surface area contributed by atoms with Crippen LogP contribution in [0.2, 0.25) is 0 Å². The number of hydrogen-bond donors (Lipinski definition) is 1. The summed E-state index contributed by atoms with van der Waals surface area (Å²) in [7, 11) is -3.75. The highest BCUT2D eigenvalue weighted by molar-refractivity contribution is 7.89. The van der Waals surface area contributed by atoms with Crippen molar-refractivity contribution in [3.8, 4) is 6.07 Å². The van der Waals surface area contributed by atoms with Crippen LogP contribution in [0.25, 0.3) is 0 Å². The van der Waals surface area contributed by atoms with Crippen molar-refractivity contribution in [1.82, 2.24) is 9.21 Å². The Hall–Kier alpha value is -2.73. The van der Waals surface area contributed by atoms with Gasteiger partial charge in [0.05, 0.1) is 10.5 Å². The van der Waals surface area contributed by atoms with Crippen molar-refractivity contribution >= 4 is 15.9 Å². The van der Waals surface area contributed by atoms with Crippen molar-refractivity contribution in [2.45, 2.75) is 17.9 Å². The third-order valence-electron chi connectivity index (χ3n) is 5.19. The molecule has 0 aliphatic carbocycles. The smallest absolute Gasteiger partial charge is 0.277 e. The Morgan fingerprint density at radius 3 is 2.34 bits per heavy atom. The lowest BCUT2D eigenvalue weighted by Gasteiger charge is -2.33. The number of quaternary nitrogens is 1. The molecule has 29 heavy (non-hydrogen) atoms. The number of sulfonamides is 1. The summed E-state index contributed by atoms with van der Waals surface area (Å²) in [5, 5.41) is 11.2. The van der Waals surface area contributed by atoms with Crippen molar-refractivity contribution in [3.63, 3.8) is 0 Å². The molecule has 1 atom stereocenters. The van der Waals surface area contributed by atoms with Gasteiger partial charge in [-0.05, 0) is 19.1 Å². The Morgan fingerprint density at radius 2 is 1.69 bits per heavy atom. The van der Waals surface area contributed by atoms with E-state index in [1.165, 1.54) is 16.4 Å². The predicted molar refractivity (Wildman–Crippen MR) is 108 cm³/mol. The number of hydrogen-bond acceptors (Lipinski definition) is 4. The van der Waals surface area contributed by atoms with Gasteiger partial charge in [0, 0.05) is 31.7 Å². The van der Waals surface area contributed by atoms with E-state index in [2.05, 4.69) is 6.92 Å². The van der Waals surface area contributed by atoms with Gasteiger partial charge in [-0.1, -0.05) is 42.5 Å². The van der Waals surface area contributed by atoms with Gasteiger partial charge in [0.15, 0.2) is 6.54 Å². The van der Waals surface area contributed by atoms with Crippen LogP contribution >= 0.6 is 0 Å². The summed E-state index contributed by atoms with van der Waals surface area (Å²) in [6, 6.07) is 18.3. The van der Waals surface area contributed by atoms with Crippen LogP contribution < -0.4 is 5.32 Å². The summed E-state index contributed by atoms with van der Waals surface area (Å²) in [6.45, 7) is 3.52. The lowest BCUT2D eigenvalue weighted by molar-refractivity contribution is -0.683. The minimum Gasteiger partial charge on any atom is -0.335 e. The molecule has 7 nitrogen and oxygen atoms in total. The molecule has 1 heterocycles. The molecule has 2 N–H and O–H groups in total. The fourth-order valence-corrected chi connectivity index (χ4v) is 4.96. The first-order valence-electron chi connectivity index (χ1n) is 9.59. The van der Waals surface area contributed by atoms with Gasteiger partial charge in [0.25, 0.3) is 5.91 Å². The normalized spacial score (nSPS) is 16.2. The second-order valence-corrected chi connectivity index (χ2v) is 8.94. The summed E-state index contributed by atoms with van der Waals surface area (Å²) in [5.74, 6) is 0.00209. The van der Waals surface area contributed by atoms with Gasteiger partial charge in [0.2, 0.25) is 10.0 Å². The number of nitrogens with two attached hydrogens (primary N) is 1. The Labute approximate surface area is 171 Å². The largest absolute Gasteiger partial charge is 0.335 e. The molecule has 1 fully saturated rings. The van der Waals surface area contributed by atoms with E-state index in [1.807, 2.05) is 41.7 Å². The number of carbonyl (C=O) groups excluding carboxylic acids is 1. The molecule has 0 radical (unpaired) electrons. The molecule has 1 aliphatic rings. The molecule has 0 saturated carbocycles. The average Bonchev–Trinajstić information content (AvgIpc) is 2.77. The van der Waals surface area contributed by atoms with Crippen LogP contribution in [0.5, 0.6) is 0 Å². The van der Waals surface area contributed by atoms with Crippen molar-refractivity contribution in [2.75, 3.05) is 32.7 Å². The molecular weight excluding hydrogens is 388 g/mol. The highest BCUT2D eigenvalue weighted by atomic mass is 32.2. The van der Waals surface area contributed by atoms with Crippen LogP contribution in [0, 0.1) is 11.3 Å². The van der Waals surface area contributed by atoms with Crippen LogP contribution in [0.15, 0.2) is 59.5 Å². The fraction of sp³-hybridized carbons (Fsp3) is 0.333. The highest BCUT2D eigenvalue weighted by Gasteiger charge is 2.31. The quantitative estimate of drug-likeness (QED) is 0.754. The molecular formula is C21H25N4O3S+. The van der Waals surface area contributed by atoms with Crippen molar-refractivity contribution in [3.05, 3.63) is 65.7 Å². The summed E-state index contributed by atoms with van der Waals surface area (Å²) in [5.41, 5.74) is 1.29. The molecule has 0 spiro atoms. The Balaban J connectivity index is 1.56. The number of nitrogens with zero attached hydrogens (tertiary/aromatic N) is 3. The van der Waals surface area contributed by atoms with Crippen LogP contribution in [0.3, 0.4) is 0 Å². The minimum absolute atomic E-state index is 0.00209. The predicted octanol–water partition coefficient (Wildman–Crippen LogP) is 0.716. The topological polar surface area (TPSA) is 98.1 Å². The van der Waals surface area contributed by atoms with E-state index >= 15 is 0 Å². The van der Waals surface area contributed by atoms with Crippen molar-refractivity contribution < 1.29 is 18.5 Å².